The molecule has 1 aromatic heterocycles. The second-order valence-electron chi connectivity index (χ2n) is 1.74. The molecule has 3 N–H and O–H groups in total. The van der Waals surface area contributed by atoms with Gasteiger partial charge in [0.1, 0.15) is 4.64 Å². The molecule has 0 radical (unpaired) electrons. The van der Waals surface area contributed by atoms with Gasteiger partial charge in [-0.2, -0.15) is 5.10 Å². The summed E-state index contributed by atoms with van der Waals surface area (Å²) in [6.45, 7) is 0. The predicted octanol–water partition coefficient (Wildman–Crippen LogP) is 1.23. The fourth-order valence-corrected chi connectivity index (χ4v) is 0.637. The number of aromatic amines is 1. The molecule has 0 atom stereocenters. The number of carboxylic acid groups (broad SMARTS) is 1. The van der Waals surface area contributed by atoms with Gasteiger partial charge < -0.3 is 5.11 Å². The number of hydrogen-bond acceptors (Lipinski definition) is 3. The van der Waals surface area contributed by atoms with Crippen LogP contribution in [0, 0.1) is 4.64 Å². The van der Waals surface area contributed by atoms with Crippen molar-refractivity contribution in [2.45, 2.75) is 0 Å². The van der Waals surface area contributed by atoms with E-state index in [-0.39, 0.29) is 5.82 Å². The lowest BCUT2D eigenvalue weighted by Gasteiger charge is -1.95. The molecule has 0 spiro atoms. The summed E-state index contributed by atoms with van der Waals surface area (Å²) in [5.74, 6) is 0.228. The lowest BCUT2D eigenvalue weighted by Crippen LogP contribution is -2.08. The molecule has 5 nitrogen and oxygen atoms in total. The van der Waals surface area contributed by atoms with E-state index >= 15 is 0 Å². The third-order valence-electron chi connectivity index (χ3n) is 0.914. The first-order chi connectivity index (χ1) is 5.18. The number of rotatable bonds is 1. The minimum absolute atomic E-state index is 0.228. The summed E-state index contributed by atoms with van der Waals surface area (Å²) in [7, 11) is 0. The molecule has 0 saturated heterocycles. The maximum absolute atomic E-state index is 10.1. The molecule has 0 unspecified atom stereocenters. The molecule has 11 heavy (non-hydrogen) atoms. The molecule has 1 heterocycles. The average molecular weight is 171 g/mol. The third kappa shape index (κ3) is 2.34. The van der Waals surface area contributed by atoms with Gasteiger partial charge in [-0.3, -0.25) is 10.4 Å². The van der Waals surface area contributed by atoms with Crippen LogP contribution in [0.5, 0.6) is 0 Å². The Hall–Kier alpha value is -1.43. The van der Waals surface area contributed by atoms with Crippen molar-refractivity contribution in [2.75, 3.05) is 5.32 Å². The van der Waals surface area contributed by atoms with Gasteiger partial charge in [0.05, 0.1) is 0 Å². The minimum atomic E-state index is -1.15. The number of amides is 1. The maximum Gasteiger partial charge on any atom is 0.410 e. The highest BCUT2D eigenvalue weighted by Gasteiger charge is 1.96. The van der Waals surface area contributed by atoms with E-state index in [4.69, 9.17) is 17.3 Å². The monoisotopic (exact) mass is 171 g/mol. The number of aromatic nitrogens is 2. The van der Waals surface area contributed by atoms with E-state index in [2.05, 4.69) is 15.5 Å². The van der Waals surface area contributed by atoms with E-state index in [1.54, 1.807) is 6.07 Å². The van der Waals surface area contributed by atoms with Gasteiger partial charge in [0.2, 0.25) is 0 Å². The van der Waals surface area contributed by atoms with E-state index in [1.165, 1.54) is 6.07 Å². The largest absolute Gasteiger partial charge is 0.465 e. The van der Waals surface area contributed by atoms with Crippen LogP contribution in [0.25, 0.3) is 0 Å². The Morgan fingerprint density at radius 2 is 2.45 bits per heavy atom. The smallest absolute Gasteiger partial charge is 0.410 e. The van der Waals surface area contributed by atoms with Crippen molar-refractivity contribution in [2.24, 2.45) is 0 Å². The zero-order chi connectivity index (χ0) is 8.27. The number of anilines is 1. The van der Waals surface area contributed by atoms with Gasteiger partial charge in [0.15, 0.2) is 5.82 Å². The van der Waals surface area contributed by atoms with Crippen LogP contribution in [0.15, 0.2) is 12.1 Å². The summed E-state index contributed by atoms with van der Waals surface area (Å²) in [6.07, 6.45) is -1.15. The van der Waals surface area contributed by atoms with E-state index in [0.29, 0.717) is 4.64 Å². The molecule has 0 aromatic carbocycles. The summed E-state index contributed by atoms with van der Waals surface area (Å²) in [6, 6.07) is 3.03. The Morgan fingerprint density at radius 1 is 1.73 bits per heavy atom. The average Bonchev–Trinajstić information content (AvgIpc) is 1.93. The highest BCUT2D eigenvalue weighted by atomic mass is 32.1. The SMILES string of the molecule is O=C(O)Nc1ccc(=S)[nH]n1. The number of carbonyl (C=O) groups is 1. The molecule has 0 saturated carbocycles. The third-order valence-corrected chi connectivity index (χ3v) is 1.14. The molecule has 1 rings (SSSR count). The van der Waals surface area contributed by atoms with Gasteiger partial charge in [0.25, 0.3) is 0 Å². The second kappa shape index (κ2) is 3.11. The summed E-state index contributed by atoms with van der Waals surface area (Å²) < 4.78 is 0.459. The molecule has 0 bridgehead atoms. The Kier molecular flexibility index (Phi) is 2.17. The highest BCUT2D eigenvalue weighted by Crippen LogP contribution is 1.97. The molecule has 1 aromatic rings. The number of nitrogens with zero attached hydrogens (tertiary/aromatic N) is 1. The van der Waals surface area contributed by atoms with Crippen LogP contribution in [0.3, 0.4) is 0 Å². The summed E-state index contributed by atoms with van der Waals surface area (Å²) in [5, 5.41) is 16.3. The standard InChI is InChI=1S/C5H5N3O2S/c9-5(10)6-3-1-2-4(11)8-7-3/h1-2H,(H,6,7)(H,8,11)(H,9,10). The van der Waals surface area contributed by atoms with Gasteiger partial charge in [-0.25, -0.2) is 4.79 Å². The predicted molar refractivity (Wildman–Crippen MR) is 41.1 cm³/mol. The fraction of sp³-hybridized carbons (Fsp3) is 0. The first-order valence-corrected chi connectivity index (χ1v) is 3.15. The zero-order valence-electron chi connectivity index (χ0n) is 5.37. The lowest BCUT2D eigenvalue weighted by molar-refractivity contribution is 0.209. The quantitative estimate of drug-likeness (QED) is 0.555. The molecular formula is C5H5N3O2S. The van der Waals surface area contributed by atoms with Crippen molar-refractivity contribution in [1.82, 2.24) is 10.2 Å². The Bertz CT molecular complexity index is 301. The number of nitrogens with one attached hydrogen (secondary N) is 2. The van der Waals surface area contributed by atoms with Gasteiger partial charge in [-0.05, 0) is 12.1 Å². The van der Waals surface area contributed by atoms with Crippen molar-refractivity contribution < 1.29 is 9.90 Å². The van der Waals surface area contributed by atoms with Crippen LogP contribution in [-0.4, -0.2) is 21.4 Å². The van der Waals surface area contributed by atoms with Crippen LogP contribution in [0.1, 0.15) is 0 Å². The Labute approximate surface area is 67.1 Å². The van der Waals surface area contributed by atoms with Crippen LogP contribution in [0.2, 0.25) is 0 Å². The van der Waals surface area contributed by atoms with Crippen LogP contribution in [-0.2, 0) is 0 Å². The highest BCUT2D eigenvalue weighted by molar-refractivity contribution is 7.71. The van der Waals surface area contributed by atoms with Crippen LogP contribution in [0.4, 0.5) is 10.6 Å². The van der Waals surface area contributed by atoms with Crippen LogP contribution < -0.4 is 5.32 Å². The van der Waals surface area contributed by atoms with Crippen molar-refractivity contribution in [3.63, 3.8) is 0 Å². The molecule has 0 fully saturated rings. The number of H-pyrrole nitrogens is 1. The first-order valence-electron chi connectivity index (χ1n) is 2.74. The molecule has 0 aliphatic heterocycles. The van der Waals surface area contributed by atoms with Gasteiger partial charge in [-0.1, -0.05) is 12.2 Å². The van der Waals surface area contributed by atoms with Gasteiger partial charge in [-0.15, -0.1) is 0 Å². The molecule has 0 aliphatic rings. The first kappa shape index (κ1) is 7.67. The van der Waals surface area contributed by atoms with Gasteiger partial charge >= 0.3 is 6.09 Å². The second-order valence-corrected chi connectivity index (χ2v) is 2.18. The zero-order valence-corrected chi connectivity index (χ0v) is 6.18. The van der Waals surface area contributed by atoms with Crippen LogP contribution >= 0.6 is 12.2 Å². The van der Waals surface area contributed by atoms with Crippen molar-refractivity contribution in [1.29, 1.82) is 0 Å². The van der Waals surface area contributed by atoms with Gasteiger partial charge in [0, 0.05) is 0 Å². The lowest BCUT2D eigenvalue weighted by atomic mass is 10.5. The molecule has 58 valence electrons. The maximum atomic E-state index is 10.1. The van der Waals surface area contributed by atoms with Crippen molar-refractivity contribution in [3.8, 4) is 0 Å². The van der Waals surface area contributed by atoms with E-state index < -0.39 is 6.09 Å². The molecule has 0 aliphatic carbocycles. The normalized spacial score (nSPS) is 9.09. The Morgan fingerprint density at radius 3 is 2.91 bits per heavy atom. The van der Waals surface area contributed by atoms with E-state index in [9.17, 15) is 4.79 Å². The number of hydrogen-bond donors (Lipinski definition) is 3. The minimum Gasteiger partial charge on any atom is -0.465 e. The topological polar surface area (TPSA) is 78.0 Å². The van der Waals surface area contributed by atoms with E-state index in [0.717, 1.165) is 0 Å². The molecule has 6 heteroatoms. The molecular weight excluding hydrogens is 166 g/mol. The summed E-state index contributed by atoms with van der Waals surface area (Å²) >= 11 is 4.69. The summed E-state index contributed by atoms with van der Waals surface area (Å²) in [4.78, 5) is 10.1. The Balaban J connectivity index is 2.82. The van der Waals surface area contributed by atoms with Crippen molar-refractivity contribution in [3.05, 3.63) is 16.8 Å². The van der Waals surface area contributed by atoms with Crippen molar-refractivity contribution >= 4 is 24.1 Å². The van der Waals surface area contributed by atoms with E-state index in [1.807, 2.05) is 0 Å². The fourth-order valence-electron chi connectivity index (χ4n) is 0.524. The molecule has 1 amide bonds. The summed E-state index contributed by atoms with van der Waals surface area (Å²) in [5.41, 5.74) is 0.